The zero-order chi connectivity index (χ0) is 18.4. The summed E-state index contributed by atoms with van der Waals surface area (Å²) in [6.07, 6.45) is 10.2. The van der Waals surface area contributed by atoms with Crippen LogP contribution in [0.25, 0.3) is 0 Å². The quantitative estimate of drug-likeness (QED) is 0.727. The molecule has 1 aromatic carbocycles. The SMILES string of the molecule is C#CCCC1(CCC(=O)Nc2cccc(CN3CCCCC3=O)c2)N=N1. The van der Waals surface area contributed by atoms with Crippen LogP contribution in [0.4, 0.5) is 5.69 Å². The maximum atomic E-state index is 12.2. The fourth-order valence-electron chi connectivity index (χ4n) is 3.20. The third-order valence-electron chi connectivity index (χ3n) is 4.81. The summed E-state index contributed by atoms with van der Waals surface area (Å²) in [6.45, 7) is 1.40. The molecule has 0 radical (unpaired) electrons. The van der Waals surface area contributed by atoms with Crippen molar-refractivity contribution in [2.24, 2.45) is 10.2 Å². The summed E-state index contributed by atoms with van der Waals surface area (Å²) in [5, 5.41) is 11.0. The zero-order valence-electron chi connectivity index (χ0n) is 14.9. The minimum atomic E-state index is -0.430. The fraction of sp³-hybridized carbons (Fsp3) is 0.500. The minimum absolute atomic E-state index is 0.0615. The number of benzene rings is 1. The van der Waals surface area contributed by atoms with Crippen LogP contribution in [0.5, 0.6) is 0 Å². The lowest BCUT2D eigenvalue weighted by Crippen LogP contribution is -2.34. The smallest absolute Gasteiger partial charge is 0.224 e. The molecule has 0 aromatic heterocycles. The third kappa shape index (κ3) is 4.92. The van der Waals surface area contributed by atoms with Crippen molar-refractivity contribution in [1.82, 2.24) is 4.90 Å². The molecule has 2 heterocycles. The number of nitrogens with one attached hydrogen (secondary N) is 1. The van der Waals surface area contributed by atoms with Gasteiger partial charge in [0.05, 0.1) is 0 Å². The normalized spacial score (nSPS) is 17.7. The molecular formula is C20H24N4O2. The molecule has 26 heavy (non-hydrogen) atoms. The van der Waals surface area contributed by atoms with E-state index in [1.165, 1.54) is 0 Å². The number of terminal acetylenes is 1. The molecular weight excluding hydrogens is 328 g/mol. The monoisotopic (exact) mass is 352 g/mol. The molecule has 6 heteroatoms. The maximum absolute atomic E-state index is 12.2. The average Bonchev–Trinajstić information content (AvgIpc) is 3.41. The van der Waals surface area contributed by atoms with Gasteiger partial charge in [-0.25, -0.2) is 0 Å². The Morgan fingerprint density at radius 1 is 1.31 bits per heavy atom. The molecule has 0 aliphatic carbocycles. The molecule has 2 aliphatic rings. The zero-order valence-corrected chi connectivity index (χ0v) is 14.9. The number of carbonyl (C=O) groups excluding carboxylic acids is 2. The topological polar surface area (TPSA) is 74.1 Å². The van der Waals surface area contributed by atoms with Crippen LogP contribution < -0.4 is 5.32 Å². The van der Waals surface area contributed by atoms with Crippen molar-refractivity contribution in [1.29, 1.82) is 0 Å². The lowest BCUT2D eigenvalue weighted by atomic mass is 10.0. The summed E-state index contributed by atoms with van der Waals surface area (Å²) >= 11 is 0. The first-order valence-electron chi connectivity index (χ1n) is 9.14. The van der Waals surface area contributed by atoms with E-state index in [2.05, 4.69) is 21.5 Å². The van der Waals surface area contributed by atoms with E-state index in [-0.39, 0.29) is 11.8 Å². The minimum Gasteiger partial charge on any atom is -0.338 e. The number of hydrogen-bond acceptors (Lipinski definition) is 4. The van der Waals surface area contributed by atoms with Gasteiger partial charge in [0, 0.05) is 50.9 Å². The lowest BCUT2D eigenvalue weighted by molar-refractivity contribution is -0.133. The van der Waals surface area contributed by atoms with Gasteiger partial charge in [-0.15, -0.1) is 12.3 Å². The molecule has 1 N–H and O–H groups in total. The highest BCUT2D eigenvalue weighted by Gasteiger charge is 2.39. The van der Waals surface area contributed by atoms with Gasteiger partial charge in [0.15, 0.2) is 5.66 Å². The Morgan fingerprint density at radius 3 is 2.88 bits per heavy atom. The maximum Gasteiger partial charge on any atom is 0.224 e. The fourth-order valence-corrected chi connectivity index (χ4v) is 3.20. The summed E-state index contributed by atoms with van der Waals surface area (Å²) in [5.41, 5.74) is 1.34. The molecule has 0 spiro atoms. The first-order chi connectivity index (χ1) is 12.6. The van der Waals surface area contributed by atoms with Crippen LogP contribution in [-0.2, 0) is 16.1 Å². The molecule has 0 unspecified atom stereocenters. The van der Waals surface area contributed by atoms with E-state index in [0.29, 0.717) is 38.6 Å². The van der Waals surface area contributed by atoms with Crippen LogP contribution in [0, 0.1) is 12.3 Å². The Hall–Kier alpha value is -2.68. The number of anilines is 1. The third-order valence-corrected chi connectivity index (χ3v) is 4.81. The summed E-state index contributed by atoms with van der Waals surface area (Å²) in [5.74, 6) is 2.73. The van der Waals surface area contributed by atoms with E-state index in [4.69, 9.17) is 6.42 Å². The largest absolute Gasteiger partial charge is 0.338 e. The summed E-state index contributed by atoms with van der Waals surface area (Å²) in [7, 11) is 0. The van der Waals surface area contributed by atoms with Crippen molar-refractivity contribution in [2.75, 3.05) is 11.9 Å². The van der Waals surface area contributed by atoms with E-state index < -0.39 is 5.66 Å². The molecule has 1 aromatic rings. The van der Waals surface area contributed by atoms with Gasteiger partial charge in [-0.3, -0.25) is 9.59 Å². The van der Waals surface area contributed by atoms with Crippen molar-refractivity contribution in [3.05, 3.63) is 29.8 Å². The molecule has 6 nitrogen and oxygen atoms in total. The van der Waals surface area contributed by atoms with Crippen molar-refractivity contribution in [2.45, 2.75) is 57.2 Å². The van der Waals surface area contributed by atoms with Crippen LogP contribution in [0.3, 0.4) is 0 Å². The van der Waals surface area contributed by atoms with E-state index in [0.717, 1.165) is 30.6 Å². The van der Waals surface area contributed by atoms with Gasteiger partial charge in [0.25, 0.3) is 0 Å². The van der Waals surface area contributed by atoms with Crippen LogP contribution >= 0.6 is 0 Å². The number of piperidine rings is 1. The van der Waals surface area contributed by atoms with Crippen LogP contribution in [0.15, 0.2) is 34.5 Å². The standard InChI is InChI=1S/C20H24N4O2/c1-2-3-11-20(22-23-20)12-10-18(25)21-17-8-6-7-16(14-17)15-24-13-5-4-9-19(24)26/h1,6-8,14H,3-5,9-13,15H2,(H,21,25). The molecule has 2 aliphatic heterocycles. The summed E-state index contributed by atoms with van der Waals surface area (Å²) < 4.78 is 0. The number of carbonyl (C=O) groups is 2. The molecule has 1 saturated heterocycles. The van der Waals surface area contributed by atoms with Gasteiger partial charge in [-0.1, -0.05) is 12.1 Å². The Balaban J connectivity index is 1.49. The molecule has 0 bridgehead atoms. The summed E-state index contributed by atoms with van der Waals surface area (Å²) in [4.78, 5) is 26.0. The Morgan fingerprint density at radius 2 is 2.15 bits per heavy atom. The highest BCUT2D eigenvalue weighted by molar-refractivity contribution is 5.90. The van der Waals surface area contributed by atoms with E-state index >= 15 is 0 Å². The predicted octanol–water partition coefficient (Wildman–Crippen LogP) is 3.49. The van der Waals surface area contributed by atoms with E-state index in [9.17, 15) is 9.59 Å². The first kappa shape index (κ1) is 18.1. The first-order valence-corrected chi connectivity index (χ1v) is 9.14. The van der Waals surface area contributed by atoms with Gasteiger partial charge in [-0.2, -0.15) is 10.2 Å². The number of rotatable bonds is 8. The van der Waals surface area contributed by atoms with Gasteiger partial charge in [-0.05, 0) is 30.5 Å². The number of likely N-dealkylation sites (tertiary alicyclic amines) is 1. The van der Waals surface area contributed by atoms with Gasteiger partial charge < -0.3 is 10.2 Å². The molecule has 1 fully saturated rings. The van der Waals surface area contributed by atoms with Crippen LogP contribution in [-0.4, -0.2) is 28.9 Å². The van der Waals surface area contributed by atoms with E-state index in [1.807, 2.05) is 29.2 Å². The Kier molecular flexibility index (Phi) is 5.67. The van der Waals surface area contributed by atoms with Crippen LogP contribution in [0.1, 0.15) is 50.5 Å². The number of amides is 2. The Labute approximate surface area is 154 Å². The second-order valence-corrected chi connectivity index (χ2v) is 6.91. The van der Waals surface area contributed by atoms with Crippen molar-refractivity contribution < 1.29 is 9.59 Å². The second kappa shape index (κ2) is 8.13. The second-order valence-electron chi connectivity index (χ2n) is 6.91. The molecule has 136 valence electrons. The van der Waals surface area contributed by atoms with Crippen molar-refractivity contribution in [3.63, 3.8) is 0 Å². The lowest BCUT2D eigenvalue weighted by Gasteiger charge is -2.26. The molecule has 3 rings (SSSR count). The highest BCUT2D eigenvalue weighted by Crippen LogP contribution is 2.37. The number of nitrogens with zero attached hydrogens (tertiary/aromatic N) is 3. The molecule has 0 saturated carbocycles. The van der Waals surface area contributed by atoms with Gasteiger partial charge >= 0.3 is 0 Å². The van der Waals surface area contributed by atoms with E-state index in [1.54, 1.807) is 0 Å². The predicted molar refractivity (Wildman–Crippen MR) is 99.2 cm³/mol. The average molecular weight is 352 g/mol. The van der Waals surface area contributed by atoms with Crippen molar-refractivity contribution in [3.8, 4) is 12.3 Å². The Bertz CT molecular complexity index is 744. The van der Waals surface area contributed by atoms with Gasteiger partial charge in [0.2, 0.25) is 11.8 Å². The van der Waals surface area contributed by atoms with Crippen molar-refractivity contribution >= 4 is 17.5 Å². The number of hydrogen-bond donors (Lipinski definition) is 1. The highest BCUT2D eigenvalue weighted by atomic mass is 16.2. The van der Waals surface area contributed by atoms with Crippen LogP contribution in [0.2, 0.25) is 0 Å². The molecule has 2 amide bonds. The van der Waals surface area contributed by atoms with Gasteiger partial charge in [0.1, 0.15) is 0 Å². The summed E-state index contributed by atoms with van der Waals surface area (Å²) in [6, 6.07) is 7.67. The molecule has 0 atom stereocenters.